The largest absolute Gasteiger partial charge is 0.466 e. The third kappa shape index (κ3) is 4.78. The lowest BCUT2D eigenvalue weighted by molar-refractivity contribution is -0.244. The van der Waals surface area contributed by atoms with Crippen LogP contribution in [0.15, 0.2) is 0 Å². The van der Waals surface area contributed by atoms with E-state index in [4.69, 9.17) is 18.9 Å². The fraction of sp³-hybridized carbons (Fsp3) is 0.900. The predicted octanol–water partition coefficient (Wildman–Crippen LogP) is 6.96. The number of esters is 4. The molecule has 48 heavy (non-hydrogen) atoms. The Labute approximate surface area is 285 Å². The fourth-order valence-electron chi connectivity index (χ4n) is 15.1. The van der Waals surface area contributed by atoms with E-state index in [2.05, 4.69) is 0 Å². The zero-order valence-electron chi connectivity index (χ0n) is 29.2. The molecule has 0 heterocycles. The van der Waals surface area contributed by atoms with Crippen LogP contribution in [0, 0.1) is 70.0 Å². The average molecular weight is 665 g/mol. The number of carbonyl (C=O) groups excluding carboxylic acids is 4. The Bertz CT molecular complexity index is 1200. The third-order valence-electron chi connectivity index (χ3n) is 16.0. The van der Waals surface area contributed by atoms with Gasteiger partial charge in [0.1, 0.15) is 11.2 Å². The second kappa shape index (κ2) is 11.2. The smallest absolute Gasteiger partial charge is 0.312 e. The summed E-state index contributed by atoms with van der Waals surface area (Å²) in [6, 6.07) is 0. The normalized spacial score (nSPS) is 50.0. The van der Waals surface area contributed by atoms with Gasteiger partial charge in [-0.15, -0.1) is 0 Å². The molecule has 0 aromatic carbocycles. The van der Waals surface area contributed by atoms with E-state index < -0.39 is 22.0 Å². The van der Waals surface area contributed by atoms with Crippen molar-refractivity contribution in [1.29, 1.82) is 0 Å². The van der Waals surface area contributed by atoms with Gasteiger partial charge in [-0.1, -0.05) is 0 Å². The summed E-state index contributed by atoms with van der Waals surface area (Å²) in [5.74, 6) is 3.22. The van der Waals surface area contributed by atoms with Crippen molar-refractivity contribution in [2.75, 3.05) is 13.2 Å². The Morgan fingerprint density at radius 1 is 0.479 bits per heavy atom. The van der Waals surface area contributed by atoms with Crippen LogP contribution in [0.3, 0.4) is 0 Å². The van der Waals surface area contributed by atoms with Crippen LogP contribution in [-0.2, 0) is 38.1 Å². The zero-order chi connectivity index (χ0) is 33.1. The average Bonchev–Trinajstić information content (AvgIpc) is 3.01. The van der Waals surface area contributed by atoms with Crippen molar-refractivity contribution in [2.24, 2.45) is 70.0 Å². The first-order chi connectivity index (χ1) is 23.1. The van der Waals surface area contributed by atoms with Gasteiger partial charge >= 0.3 is 23.9 Å². The summed E-state index contributed by atoms with van der Waals surface area (Å²) in [6.45, 7) is 4.31. The highest BCUT2D eigenvalue weighted by Crippen LogP contribution is 2.69. The molecule has 12 bridgehead atoms. The lowest BCUT2D eigenvalue weighted by Crippen LogP contribution is -2.65. The number of hydrogen-bond acceptors (Lipinski definition) is 8. The second-order valence-corrected chi connectivity index (χ2v) is 18.8. The Hall–Kier alpha value is -2.12. The number of carbonyl (C=O) groups is 4. The molecule has 0 aromatic heterocycles. The molecule has 12 fully saturated rings. The quantitative estimate of drug-likeness (QED) is 0.182. The topological polar surface area (TPSA) is 105 Å². The Morgan fingerprint density at radius 3 is 1.10 bits per heavy atom. The highest BCUT2D eigenvalue weighted by molar-refractivity contribution is 5.84. The second-order valence-electron chi connectivity index (χ2n) is 18.8. The van der Waals surface area contributed by atoms with Gasteiger partial charge in [0.25, 0.3) is 0 Å². The summed E-state index contributed by atoms with van der Waals surface area (Å²) in [7, 11) is 0. The minimum absolute atomic E-state index is 0.151. The highest BCUT2D eigenvalue weighted by Gasteiger charge is 2.69. The van der Waals surface area contributed by atoms with Crippen molar-refractivity contribution in [3.63, 3.8) is 0 Å². The summed E-state index contributed by atoms with van der Waals surface area (Å²) >= 11 is 0. The molecule has 0 N–H and O–H groups in total. The molecular weight excluding hydrogens is 608 g/mol. The molecule has 0 saturated heterocycles. The molecule has 8 nitrogen and oxygen atoms in total. The molecule has 8 heteroatoms. The molecule has 12 rings (SSSR count). The Balaban J connectivity index is 1.00. The van der Waals surface area contributed by atoms with Gasteiger partial charge in [-0.25, -0.2) is 0 Å². The van der Waals surface area contributed by atoms with E-state index in [0.717, 1.165) is 83.5 Å². The van der Waals surface area contributed by atoms with Gasteiger partial charge in [-0.05, 0) is 152 Å². The van der Waals surface area contributed by atoms with E-state index in [1.807, 2.05) is 13.8 Å². The van der Waals surface area contributed by atoms with Gasteiger partial charge in [0, 0.05) is 23.7 Å². The molecule has 12 aliphatic rings. The van der Waals surface area contributed by atoms with Gasteiger partial charge in [-0.3, -0.25) is 19.2 Å². The number of rotatable bonds is 10. The molecule has 0 aliphatic heterocycles. The lowest BCUT2D eigenvalue weighted by Gasteiger charge is -2.63. The van der Waals surface area contributed by atoms with Crippen LogP contribution in [0.5, 0.6) is 0 Å². The van der Waals surface area contributed by atoms with Crippen LogP contribution in [0.4, 0.5) is 0 Å². The molecule has 264 valence electrons. The maximum atomic E-state index is 14.9. The van der Waals surface area contributed by atoms with Crippen molar-refractivity contribution in [3.8, 4) is 0 Å². The molecule has 0 spiro atoms. The molecule has 12 saturated carbocycles. The third-order valence-corrected chi connectivity index (χ3v) is 16.0. The van der Waals surface area contributed by atoms with Gasteiger partial charge < -0.3 is 18.9 Å². The minimum atomic E-state index is -0.794. The molecule has 0 atom stereocenters. The van der Waals surface area contributed by atoms with Crippen LogP contribution in [-0.4, -0.2) is 48.3 Å². The van der Waals surface area contributed by atoms with Gasteiger partial charge in [0.15, 0.2) is 0 Å². The molecule has 0 amide bonds. The predicted molar refractivity (Wildman–Crippen MR) is 174 cm³/mol. The first-order valence-electron chi connectivity index (χ1n) is 19.8. The van der Waals surface area contributed by atoms with Crippen LogP contribution < -0.4 is 0 Å². The monoisotopic (exact) mass is 664 g/mol. The maximum Gasteiger partial charge on any atom is 0.312 e. The lowest BCUT2D eigenvalue weighted by atomic mass is 9.44. The van der Waals surface area contributed by atoms with E-state index in [0.29, 0.717) is 43.3 Å². The fourth-order valence-corrected chi connectivity index (χ4v) is 15.1. The first-order valence-corrected chi connectivity index (χ1v) is 19.8. The Morgan fingerprint density at radius 2 is 0.792 bits per heavy atom. The van der Waals surface area contributed by atoms with Gasteiger partial charge in [0.05, 0.1) is 36.9 Å². The summed E-state index contributed by atoms with van der Waals surface area (Å²) in [5, 5.41) is 0. The summed E-state index contributed by atoms with van der Waals surface area (Å²) in [4.78, 5) is 56.1. The molecular formula is C40H56O8. The van der Waals surface area contributed by atoms with Gasteiger partial charge in [-0.2, -0.15) is 0 Å². The van der Waals surface area contributed by atoms with Crippen molar-refractivity contribution < 1.29 is 38.1 Å². The summed E-state index contributed by atoms with van der Waals surface area (Å²) in [5.41, 5.74) is -3.04. The molecule has 0 radical (unpaired) electrons. The van der Waals surface area contributed by atoms with Crippen molar-refractivity contribution in [3.05, 3.63) is 0 Å². The van der Waals surface area contributed by atoms with E-state index in [-0.39, 0.29) is 72.2 Å². The van der Waals surface area contributed by atoms with Crippen LogP contribution in [0.25, 0.3) is 0 Å². The van der Waals surface area contributed by atoms with Crippen LogP contribution in [0.2, 0.25) is 0 Å². The van der Waals surface area contributed by atoms with Crippen molar-refractivity contribution in [1.82, 2.24) is 0 Å². The van der Waals surface area contributed by atoms with E-state index in [1.165, 1.54) is 12.8 Å². The van der Waals surface area contributed by atoms with Gasteiger partial charge in [0.2, 0.25) is 0 Å². The number of hydrogen-bond donors (Lipinski definition) is 0. The van der Waals surface area contributed by atoms with Crippen LogP contribution in [0.1, 0.15) is 129 Å². The zero-order valence-corrected chi connectivity index (χ0v) is 29.2. The van der Waals surface area contributed by atoms with Crippen LogP contribution >= 0.6 is 0 Å². The highest BCUT2D eigenvalue weighted by atomic mass is 16.6. The maximum absolute atomic E-state index is 14.9. The van der Waals surface area contributed by atoms with Crippen molar-refractivity contribution >= 4 is 23.9 Å². The van der Waals surface area contributed by atoms with Crippen molar-refractivity contribution in [2.45, 2.75) is 141 Å². The SMILES string of the molecule is CCOC(=O)CC1(OC(=O)C23CC4CC(C2)CC(C(=O)OC2(CC(=O)OCC)C5CC6CC(C5)CC2C6)(C4)C3)C2CC3CC(C2)CC1C3. The van der Waals surface area contributed by atoms with E-state index >= 15 is 0 Å². The minimum Gasteiger partial charge on any atom is -0.466 e. The summed E-state index contributed by atoms with van der Waals surface area (Å²) in [6.07, 6.45) is 15.6. The molecule has 12 aliphatic carbocycles. The first kappa shape index (κ1) is 31.8. The summed E-state index contributed by atoms with van der Waals surface area (Å²) < 4.78 is 24.8. The van der Waals surface area contributed by atoms with E-state index in [1.54, 1.807) is 0 Å². The standard InChI is InChI=1S/C40H56O8/c1-3-45-33(41)20-39(29-8-23-5-24(10-29)11-30(39)9-23)47-35(43)37-16-27-7-28(17-37)19-38(18-27,22-37)36(44)48-40(21-34(42)46-4-2)31-12-25-6-26(14-31)15-32(40)13-25/h23-32H,3-22H2,1-2H3. The molecule has 0 aromatic rings. The molecule has 0 unspecified atom stereocenters. The van der Waals surface area contributed by atoms with E-state index in [9.17, 15) is 19.2 Å². The Kier molecular flexibility index (Phi) is 7.42. The number of ether oxygens (including phenoxy) is 4.